The summed E-state index contributed by atoms with van der Waals surface area (Å²) in [6, 6.07) is 18.1. The molecule has 0 aliphatic carbocycles. The lowest BCUT2D eigenvalue weighted by Crippen LogP contribution is -2.14. The van der Waals surface area contributed by atoms with Gasteiger partial charge in [-0.25, -0.2) is 0 Å². The average Bonchev–Trinajstić information content (AvgIpc) is 3.18. The van der Waals surface area contributed by atoms with Crippen LogP contribution in [0.5, 0.6) is 0 Å². The number of benzene rings is 3. The number of fused-ring (bicyclic) bond motifs is 1. The molecule has 0 spiro atoms. The van der Waals surface area contributed by atoms with Crippen molar-refractivity contribution < 1.29 is 4.79 Å². The molecule has 1 radical (unpaired) electrons. The average molecular weight is 430 g/mol. The van der Waals surface area contributed by atoms with Crippen LogP contribution in [0.25, 0.3) is 22.0 Å². The van der Waals surface area contributed by atoms with Gasteiger partial charge >= 0.3 is 0 Å². The van der Waals surface area contributed by atoms with E-state index in [1.165, 1.54) is 5.56 Å². The molecule has 3 aromatic carbocycles. The highest BCUT2D eigenvalue weighted by Crippen LogP contribution is 2.35. The van der Waals surface area contributed by atoms with Crippen LogP contribution in [0, 0.1) is 19.8 Å². The second-order valence-corrected chi connectivity index (χ2v) is 9.04. The monoisotopic (exact) mass is 429 g/mol. The predicted octanol–water partition coefficient (Wildman–Crippen LogP) is 7.07. The molecule has 4 heteroatoms. The van der Waals surface area contributed by atoms with E-state index < -0.39 is 0 Å². The minimum atomic E-state index is 0.0962. The van der Waals surface area contributed by atoms with E-state index in [1.807, 2.05) is 43.5 Å². The zero-order chi connectivity index (χ0) is 22.1. The molecule has 4 rings (SSSR count). The fraction of sp³-hybridized carbons (Fsp3) is 0.259. The fourth-order valence-electron chi connectivity index (χ4n) is 4.16. The zero-order valence-electron chi connectivity index (χ0n) is 18.3. The Morgan fingerprint density at radius 2 is 1.71 bits per heavy atom. The molecule has 1 atom stereocenters. The summed E-state index contributed by atoms with van der Waals surface area (Å²) in [5, 5.41) is 6.81. The van der Waals surface area contributed by atoms with E-state index in [0.717, 1.165) is 44.6 Å². The molecule has 0 saturated carbocycles. The van der Waals surface area contributed by atoms with Crippen LogP contribution in [0.4, 0.5) is 0 Å². The number of nitrogens with zero attached hydrogens (tertiary/aromatic N) is 2. The third-order valence-corrected chi connectivity index (χ3v) is 6.13. The van der Waals surface area contributed by atoms with E-state index in [2.05, 4.69) is 55.9 Å². The number of halogens is 1. The first-order chi connectivity index (χ1) is 14.9. The van der Waals surface area contributed by atoms with Crippen LogP contribution in [0.3, 0.4) is 0 Å². The van der Waals surface area contributed by atoms with Crippen LogP contribution in [0.1, 0.15) is 48.6 Å². The maximum atomic E-state index is 10.9. The van der Waals surface area contributed by atoms with E-state index in [0.29, 0.717) is 11.5 Å². The maximum Gasteiger partial charge on any atom is 0.233 e. The molecule has 1 heterocycles. The van der Waals surface area contributed by atoms with Gasteiger partial charge in [0, 0.05) is 27.7 Å². The summed E-state index contributed by atoms with van der Waals surface area (Å²) in [6.45, 7) is 8.61. The molecular weight excluding hydrogens is 404 g/mol. The van der Waals surface area contributed by atoms with Gasteiger partial charge in [0.15, 0.2) is 0 Å². The third kappa shape index (κ3) is 4.28. The summed E-state index contributed by atoms with van der Waals surface area (Å²) in [6.07, 6.45) is 5.04. The third-order valence-electron chi connectivity index (χ3n) is 5.82. The quantitative estimate of drug-likeness (QED) is 0.328. The number of aryl methyl sites for hydroxylation is 2. The van der Waals surface area contributed by atoms with Crippen LogP contribution in [-0.4, -0.2) is 16.1 Å². The second kappa shape index (κ2) is 8.68. The minimum Gasteiger partial charge on any atom is -0.285 e. The largest absolute Gasteiger partial charge is 0.285 e. The van der Waals surface area contributed by atoms with Crippen molar-refractivity contribution in [2.75, 3.05) is 0 Å². The molecule has 4 aromatic rings. The number of aromatic nitrogens is 2. The SMILES string of the molecule is Cc1ccc(-c2ccc3nn(C(CC(C)C)c4ccc([C]=O)cc4)cc3c2C)c(Cl)c1. The molecule has 0 fully saturated rings. The van der Waals surface area contributed by atoms with Crippen molar-refractivity contribution in [3.05, 3.63) is 88.1 Å². The minimum absolute atomic E-state index is 0.0962. The first-order valence-corrected chi connectivity index (χ1v) is 11.0. The highest BCUT2D eigenvalue weighted by Gasteiger charge is 2.19. The van der Waals surface area contributed by atoms with E-state index in [-0.39, 0.29) is 6.04 Å². The van der Waals surface area contributed by atoms with Gasteiger partial charge in [0.05, 0.1) is 11.6 Å². The van der Waals surface area contributed by atoms with Crippen LogP contribution in [-0.2, 0) is 4.79 Å². The van der Waals surface area contributed by atoms with Gasteiger partial charge in [0.1, 0.15) is 0 Å². The van der Waals surface area contributed by atoms with E-state index in [4.69, 9.17) is 16.7 Å². The smallest absolute Gasteiger partial charge is 0.233 e. The summed E-state index contributed by atoms with van der Waals surface area (Å²) < 4.78 is 2.07. The Hall–Kier alpha value is -2.91. The molecular formula is C27H26ClN2O. The highest BCUT2D eigenvalue weighted by molar-refractivity contribution is 6.33. The first kappa shape index (κ1) is 21.3. The number of rotatable bonds is 6. The normalized spacial score (nSPS) is 12.5. The molecule has 0 N–H and O–H groups in total. The fourth-order valence-corrected chi connectivity index (χ4v) is 4.49. The summed E-state index contributed by atoms with van der Waals surface area (Å²) in [7, 11) is 0. The Morgan fingerprint density at radius 1 is 1.00 bits per heavy atom. The van der Waals surface area contributed by atoms with Crippen LogP contribution in [0.2, 0.25) is 5.02 Å². The Bertz CT molecular complexity index is 1240. The van der Waals surface area contributed by atoms with Crippen LogP contribution < -0.4 is 0 Å². The van der Waals surface area contributed by atoms with Crippen molar-refractivity contribution in [2.24, 2.45) is 5.92 Å². The van der Waals surface area contributed by atoms with E-state index in [9.17, 15) is 4.79 Å². The van der Waals surface area contributed by atoms with Gasteiger partial charge in [-0.1, -0.05) is 67.9 Å². The molecule has 1 aromatic heterocycles. The molecule has 0 aliphatic rings. The highest BCUT2D eigenvalue weighted by atomic mass is 35.5. The van der Waals surface area contributed by atoms with Gasteiger partial charge in [-0.3, -0.25) is 9.48 Å². The van der Waals surface area contributed by atoms with Gasteiger partial charge in [0.2, 0.25) is 6.29 Å². The number of carbonyl (C=O) groups excluding carboxylic acids is 1. The molecule has 0 bridgehead atoms. The zero-order valence-corrected chi connectivity index (χ0v) is 19.1. The Labute approximate surface area is 188 Å². The van der Waals surface area contributed by atoms with E-state index >= 15 is 0 Å². The Kier molecular flexibility index (Phi) is 5.97. The molecule has 157 valence electrons. The van der Waals surface area contributed by atoms with Gasteiger partial charge in [0.25, 0.3) is 0 Å². The summed E-state index contributed by atoms with van der Waals surface area (Å²) in [5.74, 6) is 0.498. The van der Waals surface area contributed by atoms with Gasteiger partial charge in [-0.15, -0.1) is 0 Å². The molecule has 0 amide bonds. The van der Waals surface area contributed by atoms with Crippen molar-refractivity contribution in [1.82, 2.24) is 9.78 Å². The summed E-state index contributed by atoms with van der Waals surface area (Å²) >= 11 is 6.56. The van der Waals surface area contributed by atoms with E-state index in [1.54, 1.807) is 0 Å². The predicted molar refractivity (Wildman–Crippen MR) is 128 cm³/mol. The molecule has 1 unspecified atom stereocenters. The number of hydrogen-bond donors (Lipinski definition) is 0. The lowest BCUT2D eigenvalue weighted by molar-refractivity contribution is 0.424. The molecule has 31 heavy (non-hydrogen) atoms. The Balaban J connectivity index is 1.80. The van der Waals surface area contributed by atoms with Crippen molar-refractivity contribution in [2.45, 2.75) is 40.2 Å². The van der Waals surface area contributed by atoms with Crippen molar-refractivity contribution in [3.8, 4) is 11.1 Å². The van der Waals surface area contributed by atoms with Gasteiger partial charge in [-0.05, 0) is 60.6 Å². The van der Waals surface area contributed by atoms with Crippen molar-refractivity contribution in [1.29, 1.82) is 0 Å². The molecule has 0 aliphatic heterocycles. The topological polar surface area (TPSA) is 34.9 Å². The lowest BCUT2D eigenvalue weighted by atomic mass is 9.96. The summed E-state index contributed by atoms with van der Waals surface area (Å²) in [5.41, 5.74) is 7.16. The molecule has 0 saturated heterocycles. The Morgan fingerprint density at radius 3 is 2.35 bits per heavy atom. The summed E-state index contributed by atoms with van der Waals surface area (Å²) in [4.78, 5) is 10.9. The molecule has 3 nitrogen and oxygen atoms in total. The second-order valence-electron chi connectivity index (χ2n) is 8.63. The maximum absolute atomic E-state index is 10.9. The number of hydrogen-bond acceptors (Lipinski definition) is 2. The lowest BCUT2D eigenvalue weighted by Gasteiger charge is -2.20. The van der Waals surface area contributed by atoms with Crippen LogP contribution >= 0.6 is 11.6 Å². The van der Waals surface area contributed by atoms with Crippen LogP contribution in [0.15, 0.2) is 60.8 Å². The standard InChI is InChI=1S/C27H26ClN2O/c1-17(2)13-27(21-8-6-20(16-31)7-9-21)30-15-24-19(4)22(11-12-26(24)29-30)23-10-5-18(3)14-25(23)28/h5-12,14-15,17,27H,13H2,1-4H3. The van der Waals surface area contributed by atoms with Gasteiger partial charge < -0.3 is 0 Å². The first-order valence-electron chi connectivity index (χ1n) is 10.6. The van der Waals surface area contributed by atoms with Crippen molar-refractivity contribution >= 4 is 28.8 Å². The van der Waals surface area contributed by atoms with Gasteiger partial charge in [-0.2, -0.15) is 5.10 Å². The van der Waals surface area contributed by atoms with Crippen molar-refractivity contribution in [3.63, 3.8) is 0 Å².